The molecule has 0 spiro atoms. The summed E-state index contributed by atoms with van der Waals surface area (Å²) in [6.07, 6.45) is 0. The van der Waals surface area contributed by atoms with Crippen molar-refractivity contribution in [1.29, 1.82) is 0 Å². The van der Waals surface area contributed by atoms with Gasteiger partial charge in [-0.3, -0.25) is 4.79 Å². The van der Waals surface area contributed by atoms with Crippen LogP contribution < -0.4 is 10.6 Å². The molecule has 3 N–H and O–H groups in total. The number of anilines is 2. The van der Waals surface area contributed by atoms with Gasteiger partial charge < -0.3 is 15.7 Å². The molecule has 1 amide bonds. The van der Waals surface area contributed by atoms with Crippen molar-refractivity contribution in [2.75, 3.05) is 17.7 Å². The number of halogens is 2. The van der Waals surface area contributed by atoms with Gasteiger partial charge in [0.2, 0.25) is 0 Å². The highest BCUT2D eigenvalue weighted by molar-refractivity contribution is 6.44. The fourth-order valence-corrected chi connectivity index (χ4v) is 2.18. The number of carbonyl (C=O) groups is 1. The van der Waals surface area contributed by atoms with Crippen LogP contribution in [0.25, 0.3) is 0 Å². The van der Waals surface area contributed by atoms with Crippen LogP contribution in [0.15, 0.2) is 36.4 Å². The highest BCUT2D eigenvalue weighted by Gasteiger charge is 2.19. The van der Waals surface area contributed by atoms with E-state index in [0.717, 1.165) is 0 Å². The maximum atomic E-state index is 12.4. The lowest BCUT2D eigenvalue weighted by atomic mass is 10.1. The van der Waals surface area contributed by atoms with Gasteiger partial charge in [0.05, 0.1) is 15.6 Å². The lowest BCUT2D eigenvalue weighted by Gasteiger charge is -2.19. The van der Waals surface area contributed by atoms with Crippen LogP contribution in [0.4, 0.5) is 11.4 Å². The summed E-state index contributed by atoms with van der Waals surface area (Å²) >= 11 is 12.0. The zero-order chi connectivity index (χ0) is 14.9. The average molecular weight is 311 g/mol. The number of hydrogen-bond donors (Lipinski definition) is 2. The van der Waals surface area contributed by atoms with Crippen molar-refractivity contribution in [3.8, 4) is 5.75 Å². The number of benzene rings is 2. The molecule has 0 aliphatic carbocycles. The predicted octanol–water partition coefficient (Wildman–Crippen LogP) is 3.56. The SMILES string of the molecule is CN(C(=O)c1cc(N)cc(Cl)c1Cl)c1cccc(O)c1. The van der Waals surface area contributed by atoms with E-state index in [-0.39, 0.29) is 27.3 Å². The third kappa shape index (κ3) is 2.81. The second-order valence-corrected chi connectivity index (χ2v) is 5.03. The molecular formula is C14H12Cl2N2O2. The van der Waals surface area contributed by atoms with E-state index < -0.39 is 0 Å². The molecule has 104 valence electrons. The Morgan fingerprint density at radius 2 is 1.95 bits per heavy atom. The van der Waals surface area contributed by atoms with Gasteiger partial charge in [-0.15, -0.1) is 0 Å². The van der Waals surface area contributed by atoms with Gasteiger partial charge in [0.1, 0.15) is 5.75 Å². The minimum atomic E-state index is -0.366. The van der Waals surface area contributed by atoms with Gasteiger partial charge in [0.25, 0.3) is 5.91 Å². The molecule has 0 aromatic heterocycles. The molecule has 0 radical (unpaired) electrons. The first-order valence-electron chi connectivity index (χ1n) is 5.71. The van der Waals surface area contributed by atoms with E-state index in [1.54, 1.807) is 19.2 Å². The van der Waals surface area contributed by atoms with Crippen molar-refractivity contribution >= 4 is 40.5 Å². The second kappa shape index (κ2) is 5.61. The van der Waals surface area contributed by atoms with Crippen LogP contribution in [0.1, 0.15) is 10.4 Å². The monoisotopic (exact) mass is 310 g/mol. The zero-order valence-corrected chi connectivity index (χ0v) is 12.1. The van der Waals surface area contributed by atoms with Gasteiger partial charge >= 0.3 is 0 Å². The summed E-state index contributed by atoms with van der Waals surface area (Å²) in [6, 6.07) is 9.28. The van der Waals surface area contributed by atoms with E-state index in [0.29, 0.717) is 11.4 Å². The van der Waals surface area contributed by atoms with Crippen molar-refractivity contribution in [2.24, 2.45) is 0 Å². The van der Waals surface area contributed by atoms with Crippen molar-refractivity contribution in [1.82, 2.24) is 0 Å². The highest BCUT2D eigenvalue weighted by atomic mass is 35.5. The molecule has 20 heavy (non-hydrogen) atoms. The van der Waals surface area contributed by atoms with Crippen LogP contribution in [0, 0.1) is 0 Å². The number of nitrogens with two attached hydrogens (primary N) is 1. The maximum absolute atomic E-state index is 12.4. The Morgan fingerprint density at radius 1 is 1.25 bits per heavy atom. The highest BCUT2D eigenvalue weighted by Crippen LogP contribution is 2.30. The minimum absolute atomic E-state index is 0.0684. The molecule has 0 aliphatic rings. The van der Waals surface area contributed by atoms with E-state index in [1.807, 2.05) is 0 Å². The van der Waals surface area contributed by atoms with E-state index in [4.69, 9.17) is 28.9 Å². The first-order chi connectivity index (χ1) is 9.40. The Morgan fingerprint density at radius 3 is 2.60 bits per heavy atom. The summed E-state index contributed by atoms with van der Waals surface area (Å²) in [4.78, 5) is 13.8. The predicted molar refractivity (Wildman–Crippen MR) is 81.7 cm³/mol. The molecule has 0 bridgehead atoms. The summed E-state index contributed by atoms with van der Waals surface area (Å²) in [7, 11) is 1.57. The number of phenols is 1. The normalized spacial score (nSPS) is 10.3. The number of hydrogen-bond acceptors (Lipinski definition) is 3. The fraction of sp³-hybridized carbons (Fsp3) is 0.0714. The van der Waals surface area contributed by atoms with Crippen LogP contribution >= 0.6 is 23.2 Å². The number of nitrogen functional groups attached to an aromatic ring is 1. The molecule has 0 unspecified atom stereocenters. The van der Waals surface area contributed by atoms with Gasteiger partial charge in [0.15, 0.2) is 0 Å². The van der Waals surface area contributed by atoms with E-state index >= 15 is 0 Å². The Balaban J connectivity index is 2.41. The summed E-state index contributed by atoms with van der Waals surface area (Å²) in [6.45, 7) is 0. The van der Waals surface area contributed by atoms with E-state index in [2.05, 4.69) is 0 Å². The first kappa shape index (κ1) is 14.5. The molecule has 0 fully saturated rings. The van der Waals surface area contributed by atoms with E-state index in [1.165, 1.54) is 29.2 Å². The van der Waals surface area contributed by atoms with Gasteiger partial charge in [-0.25, -0.2) is 0 Å². The van der Waals surface area contributed by atoms with Crippen LogP contribution in [0.3, 0.4) is 0 Å². The van der Waals surface area contributed by atoms with Crippen LogP contribution in [-0.4, -0.2) is 18.1 Å². The quantitative estimate of drug-likeness (QED) is 0.833. The van der Waals surface area contributed by atoms with Crippen LogP contribution in [0.5, 0.6) is 5.75 Å². The first-order valence-corrected chi connectivity index (χ1v) is 6.47. The molecule has 2 rings (SSSR count). The Labute approximate surface area is 126 Å². The summed E-state index contributed by atoms with van der Waals surface area (Å²) in [5, 5.41) is 9.82. The molecular weight excluding hydrogens is 299 g/mol. The van der Waals surface area contributed by atoms with Crippen LogP contribution in [0.2, 0.25) is 10.0 Å². The van der Waals surface area contributed by atoms with E-state index in [9.17, 15) is 9.90 Å². The van der Waals surface area contributed by atoms with Crippen molar-refractivity contribution < 1.29 is 9.90 Å². The number of nitrogens with zero attached hydrogens (tertiary/aromatic N) is 1. The molecule has 2 aromatic rings. The Bertz CT molecular complexity index is 674. The van der Waals surface area contributed by atoms with Crippen molar-refractivity contribution in [3.05, 3.63) is 52.0 Å². The van der Waals surface area contributed by atoms with Crippen molar-refractivity contribution in [2.45, 2.75) is 0 Å². The van der Waals surface area contributed by atoms with Crippen molar-refractivity contribution in [3.63, 3.8) is 0 Å². The second-order valence-electron chi connectivity index (χ2n) is 4.25. The van der Waals surface area contributed by atoms with Gasteiger partial charge in [-0.1, -0.05) is 29.3 Å². The summed E-state index contributed by atoms with van der Waals surface area (Å²) < 4.78 is 0. The summed E-state index contributed by atoms with van der Waals surface area (Å²) in [5.41, 5.74) is 6.77. The third-order valence-corrected chi connectivity index (χ3v) is 3.60. The molecule has 0 saturated carbocycles. The Hall–Kier alpha value is -1.91. The number of rotatable bonds is 2. The van der Waals surface area contributed by atoms with Gasteiger partial charge in [0, 0.05) is 24.5 Å². The smallest absolute Gasteiger partial charge is 0.259 e. The molecule has 0 saturated heterocycles. The average Bonchev–Trinajstić information content (AvgIpc) is 2.41. The lowest BCUT2D eigenvalue weighted by Crippen LogP contribution is -2.26. The Kier molecular flexibility index (Phi) is 4.06. The van der Waals surface area contributed by atoms with Gasteiger partial charge in [-0.2, -0.15) is 0 Å². The summed E-state index contributed by atoms with van der Waals surface area (Å²) in [5.74, 6) is -0.298. The molecule has 4 nitrogen and oxygen atoms in total. The number of carbonyl (C=O) groups excluding carboxylic acids is 1. The zero-order valence-electron chi connectivity index (χ0n) is 10.6. The topological polar surface area (TPSA) is 66.6 Å². The largest absolute Gasteiger partial charge is 0.508 e. The molecule has 2 aromatic carbocycles. The molecule has 0 aliphatic heterocycles. The lowest BCUT2D eigenvalue weighted by molar-refractivity contribution is 0.0993. The molecule has 0 atom stereocenters. The fourth-order valence-electron chi connectivity index (χ4n) is 1.77. The number of amides is 1. The maximum Gasteiger partial charge on any atom is 0.259 e. The number of phenolic OH excluding ortho intramolecular Hbond substituents is 1. The standard InChI is InChI=1S/C14H12Cl2N2O2/c1-18(9-3-2-4-10(19)7-9)14(20)11-5-8(17)6-12(15)13(11)16/h2-7,19H,17H2,1H3. The van der Waals surface area contributed by atoms with Crippen LogP contribution in [-0.2, 0) is 0 Å². The molecule has 0 heterocycles. The van der Waals surface area contributed by atoms with Gasteiger partial charge in [-0.05, 0) is 24.3 Å². The third-order valence-electron chi connectivity index (χ3n) is 2.80. The number of aromatic hydroxyl groups is 1. The molecule has 6 heteroatoms. The minimum Gasteiger partial charge on any atom is -0.508 e.